The number of amides is 2. The van der Waals surface area contributed by atoms with Crippen molar-refractivity contribution in [3.63, 3.8) is 0 Å². The van der Waals surface area contributed by atoms with Gasteiger partial charge in [-0.3, -0.25) is 10.1 Å². The Morgan fingerprint density at radius 2 is 1.84 bits per heavy atom. The van der Waals surface area contributed by atoms with E-state index in [2.05, 4.69) is 10.3 Å². The van der Waals surface area contributed by atoms with Gasteiger partial charge in [0.15, 0.2) is 0 Å². The summed E-state index contributed by atoms with van der Waals surface area (Å²) in [6, 6.07) is 9.38. The average molecular weight is 480 g/mol. The number of ether oxygens (including phenoxy) is 2. The smallest absolute Gasteiger partial charge is 0.409 e. The van der Waals surface area contributed by atoms with Gasteiger partial charge in [-0.15, -0.1) is 11.3 Å². The zero-order valence-electron chi connectivity index (χ0n) is 19.1. The maximum Gasteiger partial charge on any atom is 0.409 e. The van der Waals surface area contributed by atoms with E-state index in [9.17, 15) is 14.4 Å². The van der Waals surface area contributed by atoms with Gasteiger partial charge in [-0.25, -0.2) is 14.6 Å². The fourth-order valence-electron chi connectivity index (χ4n) is 3.02. The van der Waals surface area contributed by atoms with E-state index >= 15 is 0 Å². The van der Waals surface area contributed by atoms with Crippen LogP contribution in [-0.2, 0) is 14.3 Å². The zero-order valence-corrected chi connectivity index (χ0v) is 20.8. The molecule has 8 nitrogen and oxygen atoms in total. The Morgan fingerprint density at radius 3 is 2.41 bits per heavy atom. The number of methoxy groups -OCH3 is 1. The molecule has 0 radical (unpaired) electrons. The number of likely N-dealkylation sites (N-methyl/N-ethyl adjacent to an activating group) is 1. The number of hydrogen-bond acceptors (Lipinski definition) is 8. The summed E-state index contributed by atoms with van der Waals surface area (Å²) in [5, 5.41) is 2.61. The van der Waals surface area contributed by atoms with Crippen molar-refractivity contribution in [2.75, 3.05) is 26.2 Å². The fourth-order valence-corrected chi connectivity index (χ4v) is 4.31. The average Bonchev–Trinajstić information content (AvgIpc) is 3.24. The van der Waals surface area contributed by atoms with Gasteiger partial charge in [0.25, 0.3) is 5.91 Å². The number of thiazole rings is 1. The van der Waals surface area contributed by atoms with Crippen molar-refractivity contribution in [1.82, 2.24) is 15.2 Å². The number of nitrogens with one attached hydrogen (secondary N) is 1. The maximum absolute atomic E-state index is 13.6. The van der Waals surface area contributed by atoms with Gasteiger partial charge in [0.05, 0.1) is 17.5 Å². The SMILES string of the molecule is COC(=O)[C@@](CCSC)(NC(=O)OC(C)(C)C)N(C)C(=O)c1ncsc1-c1ccccc1. The number of nitrogens with zero attached hydrogens (tertiary/aromatic N) is 2. The van der Waals surface area contributed by atoms with Crippen LogP contribution in [0.25, 0.3) is 10.4 Å². The molecule has 2 rings (SSSR count). The highest BCUT2D eigenvalue weighted by atomic mass is 32.2. The van der Waals surface area contributed by atoms with Crippen molar-refractivity contribution in [2.24, 2.45) is 0 Å². The molecule has 0 aliphatic carbocycles. The lowest BCUT2D eigenvalue weighted by atomic mass is 10.0. The molecule has 2 aromatic rings. The molecule has 0 aliphatic heterocycles. The Hall–Kier alpha value is -2.59. The summed E-state index contributed by atoms with van der Waals surface area (Å²) in [5.74, 6) is -0.817. The minimum Gasteiger partial charge on any atom is -0.466 e. The van der Waals surface area contributed by atoms with Crippen molar-refractivity contribution in [3.05, 3.63) is 41.5 Å². The van der Waals surface area contributed by atoms with Crippen molar-refractivity contribution < 1.29 is 23.9 Å². The Bertz CT molecular complexity index is 943. The summed E-state index contributed by atoms with van der Waals surface area (Å²) in [5.41, 5.74) is 0.0386. The van der Waals surface area contributed by atoms with Crippen LogP contribution in [0.3, 0.4) is 0 Å². The molecule has 1 N–H and O–H groups in total. The Balaban J connectivity index is 2.48. The number of alkyl carbamates (subject to hydrolysis) is 1. The molecule has 1 aromatic carbocycles. The second kappa shape index (κ2) is 10.8. The third kappa shape index (κ3) is 6.01. The van der Waals surface area contributed by atoms with Crippen LogP contribution in [0.1, 0.15) is 37.7 Å². The summed E-state index contributed by atoms with van der Waals surface area (Å²) in [6.07, 6.45) is 1.16. The van der Waals surface area contributed by atoms with Crippen molar-refractivity contribution in [1.29, 1.82) is 0 Å². The summed E-state index contributed by atoms with van der Waals surface area (Å²) in [4.78, 5) is 45.3. The maximum atomic E-state index is 13.6. The van der Waals surface area contributed by atoms with Crippen molar-refractivity contribution in [2.45, 2.75) is 38.5 Å². The molecule has 1 heterocycles. The zero-order chi connectivity index (χ0) is 23.9. The van der Waals surface area contributed by atoms with Gasteiger partial charge >= 0.3 is 12.1 Å². The number of carbonyl (C=O) groups excluding carboxylic acids is 3. The molecular formula is C22H29N3O5S2. The number of esters is 1. The number of carbonyl (C=O) groups is 3. The standard InChI is InChI=1S/C22H29N3O5S2/c1-21(2,3)30-20(28)24-22(12-13-31-6,19(27)29-5)25(4)18(26)16-17(32-14-23-16)15-10-8-7-9-11-15/h7-11,14H,12-13H2,1-6H3,(H,24,28)/t22-/m0/s1. The topological polar surface area (TPSA) is 97.8 Å². The van der Waals surface area contributed by atoms with E-state index in [1.165, 1.54) is 42.2 Å². The summed E-state index contributed by atoms with van der Waals surface area (Å²) in [7, 11) is 2.66. The number of benzene rings is 1. The van der Waals surface area contributed by atoms with E-state index in [-0.39, 0.29) is 12.1 Å². The molecule has 1 atom stereocenters. The molecule has 2 amide bonds. The molecule has 0 spiro atoms. The van der Waals surface area contributed by atoms with Crippen LogP contribution in [-0.4, -0.2) is 65.3 Å². The molecule has 0 aliphatic rings. The van der Waals surface area contributed by atoms with Crippen LogP contribution in [0.4, 0.5) is 4.79 Å². The predicted octanol–water partition coefficient (Wildman–Crippen LogP) is 4.03. The fraction of sp³-hybridized carbons (Fsp3) is 0.455. The molecule has 32 heavy (non-hydrogen) atoms. The first-order valence-corrected chi connectivity index (χ1v) is 12.2. The van der Waals surface area contributed by atoms with E-state index in [1.54, 1.807) is 26.3 Å². The molecule has 174 valence electrons. The van der Waals surface area contributed by atoms with Gasteiger partial charge in [0, 0.05) is 13.5 Å². The monoisotopic (exact) mass is 479 g/mol. The molecule has 10 heteroatoms. The van der Waals surface area contributed by atoms with Crippen LogP contribution in [0.15, 0.2) is 35.8 Å². The second-order valence-electron chi connectivity index (χ2n) is 7.98. The minimum absolute atomic E-state index is 0.118. The lowest BCUT2D eigenvalue weighted by Gasteiger charge is -2.39. The molecular weight excluding hydrogens is 450 g/mol. The van der Waals surface area contributed by atoms with Gasteiger partial charge in [0.1, 0.15) is 11.3 Å². The highest BCUT2D eigenvalue weighted by Crippen LogP contribution is 2.30. The first kappa shape index (κ1) is 25.7. The van der Waals surface area contributed by atoms with Gasteiger partial charge in [-0.1, -0.05) is 30.3 Å². The van der Waals surface area contributed by atoms with E-state index in [0.717, 1.165) is 5.56 Å². The third-order valence-corrected chi connectivity index (χ3v) is 6.07. The summed E-state index contributed by atoms with van der Waals surface area (Å²) >= 11 is 2.79. The van der Waals surface area contributed by atoms with E-state index in [0.29, 0.717) is 10.6 Å². The van der Waals surface area contributed by atoms with Gasteiger partial charge in [-0.05, 0) is 38.3 Å². The summed E-state index contributed by atoms with van der Waals surface area (Å²) < 4.78 is 10.4. The van der Waals surface area contributed by atoms with E-state index in [4.69, 9.17) is 9.47 Å². The number of aromatic nitrogens is 1. The van der Waals surface area contributed by atoms with Crippen LogP contribution in [0.5, 0.6) is 0 Å². The van der Waals surface area contributed by atoms with Gasteiger partial charge in [-0.2, -0.15) is 11.8 Å². The molecule has 0 saturated carbocycles. The van der Waals surface area contributed by atoms with Gasteiger partial charge in [0.2, 0.25) is 5.66 Å². The van der Waals surface area contributed by atoms with Crippen molar-refractivity contribution in [3.8, 4) is 10.4 Å². The van der Waals surface area contributed by atoms with Crippen LogP contribution >= 0.6 is 23.1 Å². The predicted molar refractivity (Wildman–Crippen MR) is 127 cm³/mol. The first-order chi connectivity index (χ1) is 15.1. The minimum atomic E-state index is -1.77. The number of hydrogen-bond donors (Lipinski definition) is 1. The van der Waals surface area contributed by atoms with E-state index in [1.807, 2.05) is 36.6 Å². The van der Waals surface area contributed by atoms with Crippen LogP contribution < -0.4 is 5.32 Å². The largest absolute Gasteiger partial charge is 0.466 e. The van der Waals surface area contributed by atoms with Gasteiger partial charge < -0.3 is 14.4 Å². The second-order valence-corrected chi connectivity index (χ2v) is 9.82. The summed E-state index contributed by atoms with van der Waals surface area (Å²) in [6.45, 7) is 5.14. The van der Waals surface area contributed by atoms with Crippen LogP contribution in [0.2, 0.25) is 0 Å². The third-order valence-electron chi connectivity index (χ3n) is 4.58. The first-order valence-electron chi connectivity index (χ1n) is 9.91. The highest BCUT2D eigenvalue weighted by molar-refractivity contribution is 7.98. The highest BCUT2D eigenvalue weighted by Gasteiger charge is 2.48. The van der Waals surface area contributed by atoms with Crippen molar-refractivity contribution >= 4 is 41.1 Å². The van der Waals surface area contributed by atoms with Crippen LogP contribution in [0, 0.1) is 0 Å². The normalized spacial score (nSPS) is 13.1. The van der Waals surface area contributed by atoms with E-state index < -0.39 is 29.2 Å². The molecule has 0 bridgehead atoms. The Morgan fingerprint density at radius 1 is 1.19 bits per heavy atom. The number of thioether (sulfide) groups is 1. The Labute approximate surface area is 196 Å². The lowest BCUT2D eigenvalue weighted by Crippen LogP contribution is -2.67. The number of rotatable bonds is 8. The molecule has 0 saturated heterocycles. The quantitative estimate of drug-likeness (QED) is 0.451. The Kier molecular flexibility index (Phi) is 8.68. The molecule has 1 aromatic heterocycles. The molecule has 0 fully saturated rings. The molecule has 0 unspecified atom stereocenters. The lowest BCUT2D eigenvalue weighted by molar-refractivity contribution is -0.155.